The lowest BCUT2D eigenvalue weighted by atomic mass is 9.66. The first-order chi connectivity index (χ1) is 5.86. The van der Waals surface area contributed by atoms with E-state index in [1.54, 1.807) is 0 Å². The minimum absolute atomic E-state index is 0.00894. The van der Waals surface area contributed by atoms with E-state index in [2.05, 4.69) is 20.8 Å². The van der Waals surface area contributed by atoms with Gasteiger partial charge < -0.3 is 5.11 Å². The lowest BCUT2D eigenvalue weighted by Gasteiger charge is -2.45. The van der Waals surface area contributed by atoms with Gasteiger partial charge in [-0.05, 0) is 31.1 Å². The van der Waals surface area contributed by atoms with Crippen LogP contribution in [0.4, 0.5) is 0 Å². The first kappa shape index (κ1) is 11.0. The van der Waals surface area contributed by atoms with Crippen LogP contribution in [-0.2, 0) is 0 Å². The van der Waals surface area contributed by atoms with Crippen molar-refractivity contribution in [3.63, 3.8) is 0 Å². The minimum Gasteiger partial charge on any atom is -0.389 e. The van der Waals surface area contributed by atoms with E-state index in [0.717, 1.165) is 0 Å². The van der Waals surface area contributed by atoms with Crippen LogP contribution in [0.15, 0.2) is 0 Å². The van der Waals surface area contributed by atoms with Crippen LogP contribution in [0.2, 0.25) is 0 Å². The molecule has 0 aromatic carbocycles. The van der Waals surface area contributed by atoms with Crippen LogP contribution in [0.5, 0.6) is 0 Å². The zero-order chi connectivity index (χ0) is 10.1. The Morgan fingerprint density at radius 3 is 1.77 bits per heavy atom. The highest BCUT2D eigenvalue weighted by atomic mass is 16.3. The van der Waals surface area contributed by atoms with Gasteiger partial charge in [0.05, 0.1) is 5.60 Å². The minimum atomic E-state index is -0.493. The Labute approximate surface area is 82.5 Å². The van der Waals surface area contributed by atoms with Gasteiger partial charge in [0.15, 0.2) is 0 Å². The average molecular weight is 184 g/mol. The third-order valence-electron chi connectivity index (χ3n) is 3.92. The molecule has 0 radical (unpaired) electrons. The van der Waals surface area contributed by atoms with E-state index >= 15 is 0 Å². The first-order valence-corrected chi connectivity index (χ1v) is 5.58. The highest BCUT2D eigenvalue weighted by molar-refractivity contribution is 4.93. The molecular weight excluding hydrogens is 160 g/mol. The molecule has 1 fully saturated rings. The van der Waals surface area contributed by atoms with Crippen molar-refractivity contribution < 1.29 is 5.11 Å². The van der Waals surface area contributed by atoms with Crippen molar-refractivity contribution in [1.82, 2.24) is 0 Å². The highest BCUT2D eigenvalue weighted by Crippen LogP contribution is 2.42. The van der Waals surface area contributed by atoms with E-state index in [1.807, 2.05) is 6.92 Å². The molecule has 1 aliphatic rings. The molecule has 1 N–H and O–H groups in total. The molecule has 0 aromatic heterocycles. The summed E-state index contributed by atoms with van der Waals surface area (Å²) in [5.74, 6) is 0.515. The summed E-state index contributed by atoms with van der Waals surface area (Å²) in [4.78, 5) is 0. The first-order valence-electron chi connectivity index (χ1n) is 5.58. The Kier molecular flexibility index (Phi) is 3.06. The summed E-state index contributed by atoms with van der Waals surface area (Å²) in [5.41, 5.74) is -0.484. The van der Waals surface area contributed by atoms with Crippen molar-refractivity contribution in [2.45, 2.75) is 65.4 Å². The zero-order valence-corrected chi connectivity index (χ0v) is 9.56. The second kappa shape index (κ2) is 3.61. The van der Waals surface area contributed by atoms with Gasteiger partial charge in [-0.2, -0.15) is 0 Å². The van der Waals surface area contributed by atoms with Crippen LogP contribution in [0.3, 0.4) is 0 Å². The molecule has 0 aliphatic heterocycles. The second-order valence-corrected chi connectivity index (χ2v) is 5.73. The van der Waals surface area contributed by atoms with Crippen LogP contribution < -0.4 is 0 Å². The molecule has 0 saturated heterocycles. The molecule has 78 valence electrons. The zero-order valence-electron chi connectivity index (χ0n) is 9.56. The molecule has 1 saturated carbocycles. The standard InChI is InChI=1S/C12H24O/c1-11(2,3)12(4,13)10-8-6-5-7-9-10/h10,13H,5-9H2,1-4H3. The highest BCUT2D eigenvalue weighted by Gasteiger charge is 2.42. The Bertz CT molecular complexity index is 158. The molecule has 1 heteroatoms. The molecule has 1 unspecified atom stereocenters. The van der Waals surface area contributed by atoms with Gasteiger partial charge >= 0.3 is 0 Å². The summed E-state index contributed by atoms with van der Waals surface area (Å²) in [5, 5.41) is 10.5. The summed E-state index contributed by atoms with van der Waals surface area (Å²) in [6.07, 6.45) is 6.39. The molecule has 1 aliphatic carbocycles. The molecule has 0 heterocycles. The predicted octanol–water partition coefficient (Wildman–Crippen LogP) is 3.36. The van der Waals surface area contributed by atoms with Crippen molar-refractivity contribution >= 4 is 0 Å². The van der Waals surface area contributed by atoms with Crippen molar-refractivity contribution in [1.29, 1.82) is 0 Å². The maximum absolute atomic E-state index is 10.5. The Balaban J connectivity index is 2.67. The lowest BCUT2D eigenvalue weighted by molar-refractivity contribution is -0.0989. The number of rotatable bonds is 1. The molecule has 13 heavy (non-hydrogen) atoms. The maximum atomic E-state index is 10.5. The predicted molar refractivity (Wildman–Crippen MR) is 56.7 cm³/mol. The molecule has 1 nitrogen and oxygen atoms in total. The lowest BCUT2D eigenvalue weighted by Crippen LogP contribution is -2.47. The number of aliphatic hydroxyl groups is 1. The molecular formula is C12H24O. The van der Waals surface area contributed by atoms with Crippen LogP contribution in [0, 0.1) is 11.3 Å². The second-order valence-electron chi connectivity index (χ2n) is 5.73. The van der Waals surface area contributed by atoms with E-state index < -0.39 is 5.60 Å². The molecule has 0 aromatic rings. The number of hydrogen-bond acceptors (Lipinski definition) is 1. The summed E-state index contributed by atoms with van der Waals surface area (Å²) >= 11 is 0. The van der Waals surface area contributed by atoms with Gasteiger partial charge in [-0.25, -0.2) is 0 Å². The summed E-state index contributed by atoms with van der Waals surface area (Å²) in [6.45, 7) is 8.44. The fourth-order valence-electron chi connectivity index (χ4n) is 2.28. The van der Waals surface area contributed by atoms with Crippen molar-refractivity contribution in [3.8, 4) is 0 Å². The van der Waals surface area contributed by atoms with E-state index in [9.17, 15) is 5.11 Å². The fourth-order valence-corrected chi connectivity index (χ4v) is 2.28. The van der Waals surface area contributed by atoms with Crippen molar-refractivity contribution in [3.05, 3.63) is 0 Å². The van der Waals surface area contributed by atoms with E-state index in [-0.39, 0.29) is 5.41 Å². The number of hydrogen-bond donors (Lipinski definition) is 1. The van der Waals surface area contributed by atoms with Gasteiger partial charge in [-0.1, -0.05) is 40.0 Å². The maximum Gasteiger partial charge on any atom is 0.0695 e. The van der Waals surface area contributed by atoms with Gasteiger partial charge in [0.1, 0.15) is 0 Å². The molecule has 1 rings (SSSR count). The molecule has 1 atom stereocenters. The quantitative estimate of drug-likeness (QED) is 0.662. The SMILES string of the molecule is CC(C)(C)C(C)(O)C1CCCCC1. The van der Waals surface area contributed by atoms with Crippen LogP contribution in [0.1, 0.15) is 59.8 Å². The Hall–Kier alpha value is -0.0400. The third-order valence-corrected chi connectivity index (χ3v) is 3.92. The molecule has 0 bridgehead atoms. The summed E-state index contributed by atoms with van der Waals surface area (Å²) in [6, 6.07) is 0. The van der Waals surface area contributed by atoms with E-state index in [1.165, 1.54) is 32.1 Å². The molecule has 0 amide bonds. The Morgan fingerprint density at radius 2 is 1.38 bits per heavy atom. The van der Waals surface area contributed by atoms with Gasteiger partial charge in [0.2, 0.25) is 0 Å². The fraction of sp³-hybridized carbons (Fsp3) is 1.00. The normalized spacial score (nSPS) is 25.6. The van der Waals surface area contributed by atoms with Gasteiger partial charge in [0, 0.05) is 0 Å². The van der Waals surface area contributed by atoms with Gasteiger partial charge in [-0.15, -0.1) is 0 Å². The van der Waals surface area contributed by atoms with Gasteiger partial charge in [-0.3, -0.25) is 0 Å². The van der Waals surface area contributed by atoms with Crippen LogP contribution in [-0.4, -0.2) is 10.7 Å². The largest absolute Gasteiger partial charge is 0.389 e. The summed E-state index contributed by atoms with van der Waals surface area (Å²) < 4.78 is 0. The van der Waals surface area contributed by atoms with E-state index in [0.29, 0.717) is 5.92 Å². The molecule has 0 spiro atoms. The van der Waals surface area contributed by atoms with Crippen molar-refractivity contribution in [2.24, 2.45) is 11.3 Å². The van der Waals surface area contributed by atoms with E-state index in [4.69, 9.17) is 0 Å². The third kappa shape index (κ3) is 2.25. The smallest absolute Gasteiger partial charge is 0.0695 e. The van der Waals surface area contributed by atoms with Gasteiger partial charge in [0.25, 0.3) is 0 Å². The topological polar surface area (TPSA) is 20.2 Å². The van der Waals surface area contributed by atoms with Crippen LogP contribution >= 0.6 is 0 Å². The average Bonchev–Trinajstić information content (AvgIpc) is 2.04. The Morgan fingerprint density at radius 1 is 0.923 bits per heavy atom. The monoisotopic (exact) mass is 184 g/mol. The summed E-state index contributed by atoms with van der Waals surface area (Å²) in [7, 11) is 0. The van der Waals surface area contributed by atoms with Crippen LogP contribution in [0.25, 0.3) is 0 Å². The van der Waals surface area contributed by atoms with Crippen molar-refractivity contribution in [2.75, 3.05) is 0 Å².